The maximum atomic E-state index is 6.02. The first kappa shape index (κ1) is 17.0. The third-order valence-electron chi connectivity index (χ3n) is 4.59. The van der Waals surface area contributed by atoms with Crippen LogP contribution in [0.4, 0.5) is 0 Å². The first-order valence-electron chi connectivity index (χ1n) is 8.62. The van der Waals surface area contributed by atoms with Gasteiger partial charge in [0.1, 0.15) is 0 Å². The van der Waals surface area contributed by atoms with Crippen molar-refractivity contribution in [3.8, 4) is 0 Å². The average molecular weight is 353 g/mol. The second-order valence-electron chi connectivity index (χ2n) is 6.22. The second kappa shape index (κ2) is 9.63. The molecule has 1 nitrogen and oxygen atoms in total. The van der Waals surface area contributed by atoms with E-state index in [4.69, 9.17) is 4.74 Å². The predicted octanol–water partition coefficient (Wildman–Crippen LogP) is 6.38. The number of unbranched alkanes of at least 4 members (excludes halogenated alkanes) is 2. The van der Waals surface area contributed by atoms with E-state index in [1.807, 2.05) is 0 Å². The lowest BCUT2D eigenvalue weighted by Gasteiger charge is -2.23. The summed E-state index contributed by atoms with van der Waals surface area (Å²) >= 11 is 3.59. The molecule has 0 saturated heterocycles. The van der Waals surface area contributed by atoms with Crippen molar-refractivity contribution in [1.29, 1.82) is 0 Å². The van der Waals surface area contributed by atoms with Gasteiger partial charge in [0.25, 0.3) is 0 Å². The zero-order chi connectivity index (χ0) is 14.9. The van der Waals surface area contributed by atoms with Gasteiger partial charge in [0.2, 0.25) is 0 Å². The molecule has 2 heteroatoms. The average Bonchev–Trinajstić information content (AvgIpc) is 2.56. The Bertz CT molecular complexity index is 381. The van der Waals surface area contributed by atoms with Crippen molar-refractivity contribution >= 4 is 15.9 Å². The van der Waals surface area contributed by atoms with Gasteiger partial charge in [-0.3, -0.25) is 0 Å². The van der Waals surface area contributed by atoms with Crippen molar-refractivity contribution in [1.82, 2.24) is 0 Å². The summed E-state index contributed by atoms with van der Waals surface area (Å²) in [6.45, 7) is 3.10. The summed E-state index contributed by atoms with van der Waals surface area (Å²) < 4.78 is 6.02. The van der Waals surface area contributed by atoms with Crippen LogP contribution in [0.2, 0.25) is 0 Å². The van der Waals surface area contributed by atoms with Crippen LogP contribution < -0.4 is 0 Å². The number of benzene rings is 1. The Labute approximate surface area is 138 Å². The highest BCUT2D eigenvalue weighted by molar-refractivity contribution is 9.09. The van der Waals surface area contributed by atoms with Crippen molar-refractivity contribution in [2.24, 2.45) is 0 Å². The van der Waals surface area contributed by atoms with Gasteiger partial charge in [0.05, 0.1) is 6.10 Å². The molecule has 2 rings (SSSR count). The van der Waals surface area contributed by atoms with Crippen molar-refractivity contribution < 1.29 is 4.74 Å². The van der Waals surface area contributed by atoms with Crippen LogP contribution in [-0.2, 0) is 4.74 Å². The molecule has 118 valence electrons. The van der Waals surface area contributed by atoms with Gasteiger partial charge in [0.15, 0.2) is 0 Å². The highest BCUT2D eigenvalue weighted by atomic mass is 79.9. The fraction of sp³-hybridized carbons (Fsp3) is 0.684. The number of hydrogen-bond donors (Lipinski definition) is 0. The van der Waals surface area contributed by atoms with Crippen molar-refractivity contribution in [2.75, 3.05) is 11.9 Å². The van der Waals surface area contributed by atoms with Crippen molar-refractivity contribution in [3.05, 3.63) is 35.4 Å². The zero-order valence-corrected chi connectivity index (χ0v) is 14.9. The van der Waals surface area contributed by atoms with Gasteiger partial charge in [-0.05, 0) is 36.3 Å². The number of ether oxygens (including phenoxy) is 1. The predicted molar refractivity (Wildman–Crippen MR) is 94.3 cm³/mol. The summed E-state index contributed by atoms with van der Waals surface area (Å²) in [5, 5.41) is 0.877. The summed E-state index contributed by atoms with van der Waals surface area (Å²) in [7, 11) is 0. The summed E-state index contributed by atoms with van der Waals surface area (Å²) in [6.07, 6.45) is 10.8. The van der Waals surface area contributed by atoms with Gasteiger partial charge < -0.3 is 4.74 Å². The molecule has 1 unspecified atom stereocenters. The number of halogens is 1. The largest absolute Gasteiger partial charge is 0.373 e. The van der Waals surface area contributed by atoms with Gasteiger partial charge in [0, 0.05) is 11.9 Å². The van der Waals surface area contributed by atoms with E-state index in [9.17, 15) is 0 Å². The van der Waals surface area contributed by atoms with Crippen LogP contribution in [0.3, 0.4) is 0 Å². The normalized spacial score (nSPS) is 17.8. The zero-order valence-electron chi connectivity index (χ0n) is 13.3. The van der Waals surface area contributed by atoms with Crippen LogP contribution in [0, 0.1) is 0 Å². The Morgan fingerprint density at radius 2 is 1.81 bits per heavy atom. The number of hydrogen-bond acceptors (Lipinski definition) is 1. The third kappa shape index (κ3) is 5.41. The lowest BCUT2D eigenvalue weighted by atomic mass is 9.84. The van der Waals surface area contributed by atoms with Crippen molar-refractivity contribution in [2.45, 2.75) is 70.3 Å². The molecule has 0 spiro atoms. The molecular weight excluding hydrogens is 324 g/mol. The first-order chi connectivity index (χ1) is 10.3. The van der Waals surface area contributed by atoms with E-state index in [1.165, 1.54) is 62.5 Å². The Kier molecular flexibility index (Phi) is 7.81. The maximum Gasteiger partial charge on any atom is 0.0921 e. The van der Waals surface area contributed by atoms with E-state index < -0.39 is 0 Å². The molecular formula is C19H29BrO. The molecule has 0 aromatic heterocycles. The smallest absolute Gasteiger partial charge is 0.0921 e. The van der Waals surface area contributed by atoms with Crippen molar-refractivity contribution in [3.63, 3.8) is 0 Å². The van der Waals surface area contributed by atoms with E-state index in [0.717, 1.165) is 17.9 Å². The molecule has 1 aromatic carbocycles. The minimum absolute atomic E-state index is 0.197. The molecule has 0 amide bonds. The number of alkyl halides is 1. The third-order valence-corrected chi connectivity index (χ3v) is 5.18. The lowest BCUT2D eigenvalue weighted by Crippen LogP contribution is -2.08. The Balaban J connectivity index is 1.89. The molecule has 0 aliphatic heterocycles. The number of rotatable bonds is 8. The maximum absolute atomic E-state index is 6.02. The Morgan fingerprint density at radius 3 is 2.43 bits per heavy atom. The summed E-state index contributed by atoms with van der Waals surface area (Å²) in [5.41, 5.74) is 2.83. The Hall–Kier alpha value is -0.340. The van der Waals surface area contributed by atoms with Crippen LogP contribution in [0.1, 0.15) is 81.4 Å². The topological polar surface area (TPSA) is 9.23 Å². The molecule has 1 aliphatic rings. The molecule has 0 bridgehead atoms. The van der Waals surface area contributed by atoms with E-state index in [1.54, 1.807) is 0 Å². The molecule has 0 heterocycles. The van der Waals surface area contributed by atoms with Gasteiger partial charge in [-0.15, -0.1) is 0 Å². The molecule has 0 radical (unpaired) electrons. The van der Waals surface area contributed by atoms with Gasteiger partial charge in [-0.25, -0.2) is 0 Å². The first-order valence-corrected chi connectivity index (χ1v) is 9.74. The van der Waals surface area contributed by atoms with E-state index in [-0.39, 0.29) is 6.10 Å². The summed E-state index contributed by atoms with van der Waals surface area (Å²) in [5.74, 6) is 0.792. The monoisotopic (exact) mass is 352 g/mol. The highest BCUT2D eigenvalue weighted by Crippen LogP contribution is 2.33. The standard InChI is InChI=1S/C19H29BrO/c1-2-3-7-14-21-19(15-20)18-12-10-17(11-13-18)16-8-5-4-6-9-16/h10-13,16,19H,2-9,14-15H2,1H3. The Morgan fingerprint density at radius 1 is 1.10 bits per heavy atom. The summed E-state index contributed by atoms with van der Waals surface area (Å²) in [4.78, 5) is 0. The molecule has 1 saturated carbocycles. The van der Waals surface area contributed by atoms with E-state index in [2.05, 4.69) is 47.1 Å². The fourth-order valence-corrected chi connectivity index (χ4v) is 3.79. The minimum atomic E-state index is 0.197. The van der Waals surface area contributed by atoms with Crippen LogP contribution in [-0.4, -0.2) is 11.9 Å². The molecule has 1 atom stereocenters. The second-order valence-corrected chi connectivity index (χ2v) is 6.87. The molecule has 1 aliphatic carbocycles. The van der Waals surface area contributed by atoms with Crippen LogP contribution in [0.25, 0.3) is 0 Å². The van der Waals surface area contributed by atoms with Crippen LogP contribution >= 0.6 is 15.9 Å². The molecule has 21 heavy (non-hydrogen) atoms. The van der Waals surface area contributed by atoms with Gasteiger partial charge in [-0.2, -0.15) is 0 Å². The highest BCUT2D eigenvalue weighted by Gasteiger charge is 2.16. The van der Waals surface area contributed by atoms with E-state index >= 15 is 0 Å². The van der Waals surface area contributed by atoms with Gasteiger partial charge in [-0.1, -0.05) is 79.2 Å². The molecule has 0 N–H and O–H groups in total. The lowest BCUT2D eigenvalue weighted by molar-refractivity contribution is 0.0670. The molecule has 1 fully saturated rings. The summed E-state index contributed by atoms with van der Waals surface area (Å²) in [6, 6.07) is 9.21. The van der Waals surface area contributed by atoms with Crippen LogP contribution in [0.5, 0.6) is 0 Å². The van der Waals surface area contributed by atoms with E-state index in [0.29, 0.717) is 0 Å². The SMILES string of the molecule is CCCCCOC(CBr)c1ccc(C2CCCCC2)cc1. The fourth-order valence-electron chi connectivity index (χ4n) is 3.23. The van der Waals surface area contributed by atoms with Gasteiger partial charge >= 0.3 is 0 Å². The van der Waals surface area contributed by atoms with Crippen LogP contribution in [0.15, 0.2) is 24.3 Å². The minimum Gasteiger partial charge on any atom is -0.373 e. The quantitative estimate of drug-likeness (QED) is 0.389. The molecule has 1 aromatic rings.